The van der Waals surface area contributed by atoms with Crippen LogP contribution in [-0.4, -0.2) is 55.6 Å². The second kappa shape index (κ2) is 17.8. The molecule has 3 rings (SSSR count). The molecule has 0 unspecified atom stereocenters. The van der Waals surface area contributed by atoms with Crippen molar-refractivity contribution in [3.8, 4) is 17.2 Å². The molecule has 0 heterocycles. The number of carbonyl (C=O) groups excluding carboxylic acids is 6. The van der Waals surface area contributed by atoms with E-state index in [9.17, 15) is 28.8 Å². The number of carbonyl (C=O) groups is 6. The van der Waals surface area contributed by atoms with Crippen LogP contribution in [0.15, 0.2) is 30.3 Å². The van der Waals surface area contributed by atoms with E-state index >= 15 is 0 Å². The Balaban J connectivity index is 1.36. The predicted octanol–water partition coefficient (Wildman–Crippen LogP) is 4.83. The lowest BCUT2D eigenvalue weighted by Gasteiger charge is -2.26. The Hall–Kier alpha value is -4.74. The molecule has 254 valence electrons. The zero-order valence-electron chi connectivity index (χ0n) is 27.5. The molecule has 0 saturated heterocycles. The SMILES string of the molecule is CC(=O)OCCOC(=O)CCC(=O)OCCc1ccc(OC(=O)C2CCC(C(=O)Oc3cc(C)c(OC(C)=O)c(C)c3C)CC2)cc1. The van der Waals surface area contributed by atoms with Gasteiger partial charge in [-0.05, 0) is 86.9 Å². The quantitative estimate of drug-likeness (QED) is 0.118. The molecule has 0 atom stereocenters. The lowest BCUT2D eigenvalue weighted by molar-refractivity contribution is -0.153. The van der Waals surface area contributed by atoms with Crippen molar-refractivity contribution in [3.05, 3.63) is 52.6 Å². The summed E-state index contributed by atoms with van der Waals surface area (Å²) in [6.07, 6.45) is 2.15. The van der Waals surface area contributed by atoms with Crippen LogP contribution in [0.3, 0.4) is 0 Å². The van der Waals surface area contributed by atoms with Gasteiger partial charge in [0.15, 0.2) is 0 Å². The minimum absolute atomic E-state index is 0.0399. The van der Waals surface area contributed by atoms with Gasteiger partial charge in [0, 0.05) is 20.3 Å². The number of aryl methyl sites for hydroxylation is 1. The van der Waals surface area contributed by atoms with Crippen molar-refractivity contribution in [2.24, 2.45) is 11.8 Å². The molecule has 0 radical (unpaired) electrons. The molecule has 12 nitrogen and oxygen atoms in total. The van der Waals surface area contributed by atoms with E-state index in [2.05, 4.69) is 4.74 Å². The normalized spacial score (nSPS) is 15.6. The Morgan fingerprint density at radius 1 is 0.638 bits per heavy atom. The van der Waals surface area contributed by atoms with Crippen molar-refractivity contribution in [1.82, 2.24) is 0 Å². The minimum atomic E-state index is -0.587. The largest absolute Gasteiger partial charge is 0.465 e. The van der Waals surface area contributed by atoms with Gasteiger partial charge < -0.3 is 28.4 Å². The summed E-state index contributed by atoms with van der Waals surface area (Å²) in [5.41, 5.74) is 3.00. The molecule has 2 aromatic carbocycles. The lowest BCUT2D eigenvalue weighted by Crippen LogP contribution is -2.30. The third-order valence-electron chi connectivity index (χ3n) is 7.81. The fraction of sp³-hybridized carbons (Fsp3) is 0.486. The molecule has 1 aliphatic rings. The van der Waals surface area contributed by atoms with E-state index in [1.807, 2.05) is 13.8 Å². The first-order valence-electron chi connectivity index (χ1n) is 15.6. The number of ether oxygens (including phenoxy) is 6. The molecule has 1 aliphatic carbocycles. The Kier molecular flexibility index (Phi) is 13.9. The summed E-state index contributed by atoms with van der Waals surface area (Å²) < 4.78 is 31.3. The Morgan fingerprint density at radius 2 is 1.17 bits per heavy atom. The van der Waals surface area contributed by atoms with Gasteiger partial charge in [-0.25, -0.2) is 0 Å². The van der Waals surface area contributed by atoms with Gasteiger partial charge in [-0.3, -0.25) is 28.8 Å². The topological polar surface area (TPSA) is 158 Å². The summed E-state index contributed by atoms with van der Waals surface area (Å²) in [6.45, 7) is 7.99. The third-order valence-corrected chi connectivity index (χ3v) is 7.81. The van der Waals surface area contributed by atoms with Crippen LogP contribution in [0.5, 0.6) is 17.2 Å². The van der Waals surface area contributed by atoms with Crippen LogP contribution in [0.4, 0.5) is 0 Å². The van der Waals surface area contributed by atoms with Crippen LogP contribution >= 0.6 is 0 Å². The van der Waals surface area contributed by atoms with Crippen LogP contribution in [0.2, 0.25) is 0 Å². The standard InChI is InChI=1S/C35H42O12/c1-21-20-30(22(2)23(3)33(21)45-25(5)37)47-35(41)28-10-8-27(9-11-28)34(40)46-29-12-6-26(7-13-29)16-17-43-31(38)14-15-32(39)44-19-18-42-24(4)36/h6-7,12-13,20,27-28H,8-11,14-19H2,1-5H3. The zero-order chi connectivity index (χ0) is 34.5. The molecule has 1 saturated carbocycles. The third kappa shape index (κ3) is 11.8. The molecular weight excluding hydrogens is 612 g/mol. The summed E-state index contributed by atoms with van der Waals surface area (Å²) in [6, 6.07) is 8.58. The zero-order valence-corrected chi connectivity index (χ0v) is 27.5. The van der Waals surface area contributed by atoms with Crippen molar-refractivity contribution >= 4 is 35.8 Å². The summed E-state index contributed by atoms with van der Waals surface area (Å²) in [4.78, 5) is 71.4. The highest BCUT2D eigenvalue weighted by Crippen LogP contribution is 2.36. The van der Waals surface area contributed by atoms with Gasteiger partial charge in [-0.1, -0.05) is 12.1 Å². The number of hydrogen-bond acceptors (Lipinski definition) is 12. The van der Waals surface area contributed by atoms with Gasteiger partial charge in [-0.15, -0.1) is 0 Å². The minimum Gasteiger partial charge on any atom is -0.465 e. The fourth-order valence-corrected chi connectivity index (χ4v) is 5.08. The number of rotatable bonds is 14. The highest BCUT2D eigenvalue weighted by atomic mass is 16.6. The number of benzene rings is 2. The highest BCUT2D eigenvalue weighted by molar-refractivity contribution is 5.79. The predicted molar refractivity (Wildman–Crippen MR) is 167 cm³/mol. The van der Waals surface area contributed by atoms with Crippen molar-refractivity contribution in [3.63, 3.8) is 0 Å². The molecule has 0 aliphatic heterocycles. The van der Waals surface area contributed by atoms with E-state index in [0.29, 0.717) is 54.9 Å². The van der Waals surface area contributed by atoms with Crippen LogP contribution in [-0.2, 0) is 49.4 Å². The first kappa shape index (κ1) is 36.7. The summed E-state index contributed by atoms with van der Waals surface area (Å²) in [5.74, 6) is -2.11. The van der Waals surface area contributed by atoms with Crippen LogP contribution in [0.1, 0.15) is 74.6 Å². The van der Waals surface area contributed by atoms with Crippen LogP contribution in [0, 0.1) is 32.6 Å². The number of esters is 6. The average molecular weight is 655 g/mol. The molecule has 0 amide bonds. The van der Waals surface area contributed by atoms with Crippen molar-refractivity contribution in [1.29, 1.82) is 0 Å². The second-order valence-corrected chi connectivity index (χ2v) is 11.4. The molecule has 47 heavy (non-hydrogen) atoms. The van der Waals surface area contributed by atoms with Crippen LogP contribution < -0.4 is 14.2 Å². The summed E-state index contributed by atoms with van der Waals surface area (Å²) in [7, 11) is 0. The lowest BCUT2D eigenvalue weighted by atomic mass is 9.82. The maximum absolute atomic E-state index is 13.0. The van der Waals surface area contributed by atoms with Gasteiger partial charge in [0.1, 0.15) is 30.5 Å². The number of hydrogen-bond donors (Lipinski definition) is 0. The molecule has 0 N–H and O–H groups in total. The summed E-state index contributed by atoms with van der Waals surface area (Å²) in [5, 5.41) is 0. The van der Waals surface area contributed by atoms with Crippen LogP contribution in [0.25, 0.3) is 0 Å². The van der Waals surface area contributed by atoms with Gasteiger partial charge >= 0.3 is 35.8 Å². The van der Waals surface area contributed by atoms with Gasteiger partial charge in [-0.2, -0.15) is 0 Å². The van der Waals surface area contributed by atoms with E-state index in [4.69, 9.17) is 23.7 Å². The Labute approximate surface area is 274 Å². The van der Waals surface area contributed by atoms with Crippen molar-refractivity contribution in [2.75, 3.05) is 19.8 Å². The van der Waals surface area contributed by atoms with E-state index < -0.39 is 23.9 Å². The maximum atomic E-state index is 13.0. The van der Waals surface area contributed by atoms with Gasteiger partial charge in [0.25, 0.3) is 0 Å². The molecule has 1 fully saturated rings. The first-order chi connectivity index (χ1) is 22.3. The van der Waals surface area contributed by atoms with E-state index in [1.165, 1.54) is 13.8 Å². The second-order valence-electron chi connectivity index (χ2n) is 11.4. The first-order valence-corrected chi connectivity index (χ1v) is 15.6. The van der Waals surface area contributed by atoms with Gasteiger partial charge in [0.2, 0.25) is 0 Å². The molecule has 0 spiro atoms. The molecular formula is C35H42O12. The maximum Gasteiger partial charge on any atom is 0.314 e. The van der Waals surface area contributed by atoms with E-state index in [-0.39, 0.29) is 56.4 Å². The summed E-state index contributed by atoms with van der Waals surface area (Å²) >= 11 is 0. The molecule has 2 aromatic rings. The average Bonchev–Trinajstić information content (AvgIpc) is 3.03. The van der Waals surface area contributed by atoms with Crippen molar-refractivity contribution < 1.29 is 57.2 Å². The Bertz CT molecular complexity index is 1450. The van der Waals surface area contributed by atoms with E-state index in [0.717, 1.165) is 16.7 Å². The Morgan fingerprint density at radius 3 is 1.72 bits per heavy atom. The molecule has 12 heteroatoms. The highest BCUT2D eigenvalue weighted by Gasteiger charge is 2.32. The van der Waals surface area contributed by atoms with Crippen molar-refractivity contribution in [2.45, 2.75) is 79.6 Å². The monoisotopic (exact) mass is 654 g/mol. The van der Waals surface area contributed by atoms with E-state index in [1.54, 1.807) is 37.3 Å². The van der Waals surface area contributed by atoms with Gasteiger partial charge in [0.05, 0.1) is 31.3 Å². The smallest absolute Gasteiger partial charge is 0.314 e. The molecule has 0 bridgehead atoms. The fourth-order valence-electron chi connectivity index (χ4n) is 5.08. The molecule has 0 aromatic heterocycles.